The Bertz CT molecular complexity index is 467. The average Bonchev–Trinajstić information content (AvgIpc) is 2.32. The van der Waals surface area contributed by atoms with E-state index in [0.29, 0.717) is 24.7 Å². The zero-order chi connectivity index (χ0) is 14.5. The summed E-state index contributed by atoms with van der Waals surface area (Å²) in [6.45, 7) is 1.04. The van der Waals surface area contributed by atoms with Crippen LogP contribution in [0.3, 0.4) is 0 Å². The van der Waals surface area contributed by atoms with Gasteiger partial charge in [-0.3, -0.25) is 4.99 Å². The van der Waals surface area contributed by atoms with Gasteiger partial charge in [-0.2, -0.15) is 0 Å². The Kier molecular flexibility index (Phi) is 4.89. The van der Waals surface area contributed by atoms with Gasteiger partial charge in [-0.1, -0.05) is 0 Å². The number of nitrogens with one attached hydrogen (secondary N) is 1. The van der Waals surface area contributed by atoms with Gasteiger partial charge in [0.2, 0.25) is 0 Å². The highest BCUT2D eigenvalue weighted by atomic mass is 19.1. The van der Waals surface area contributed by atoms with Gasteiger partial charge in [0.15, 0.2) is 5.96 Å². The van der Waals surface area contributed by atoms with E-state index in [1.54, 1.807) is 7.11 Å². The van der Waals surface area contributed by atoms with Crippen molar-refractivity contribution in [2.45, 2.75) is 24.8 Å². The maximum Gasteiger partial charge on any atom is 0.188 e. The monoisotopic (exact) mass is 283 g/mol. The first-order valence-corrected chi connectivity index (χ1v) is 6.60. The summed E-state index contributed by atoms with van der Waals surface area (Å²) in [6, 6.07) is 3.87. The second-order valence-corrected chi connectivity index (χ2v) is 4.97. The number of halogens is 2. The number of hydrogen-bond acceptors (Lipinski definition) is 2. The maximum atomic E-state index is 13.1. The lowest BCUT2D eigenvalue weighted by atomic mass is 9.76. The molecule has 0 bridgehead atoms. The third kappa shape index (κ3) is 3.90. The summed E-state index contributed by atoms with van der Waals surface area (Å²) in [5.41, 5.74) is 6.42. The van der Waals surface area contributed by atoms with Crippen molar-refractivity contribution in [3.05, 3.63) is 35.4 Å². The third-order valence-electron chi connectivity index (χ3n) is 3.42. The Hall–Kier alpha value is -1.69. The van der Waals surface area contributed by atoms with Crippen molar-refractivity contribution in [2.75, 3.05) is 20.3 Å². The summed E-state index contributed by atoms with van der Waals surface area (Å²) < 4.78 is 31.1. The molecule has 3 N–H and O–H groups in total. The minimum Gasteiger partial charge on any atom is -0.383 e. The summed E-state index contributed by atoms with van der Waals surface area (Å²) in [6.07, 6.45) is 1.59. The minimum absolute atomic E-state index is 0.171. The van der Waals surface area contributed by atoms with E-state index in [2.05, 4.69) is 10.3 Å². The standard InChI is InChI=1S/C14H19F2N3O/c1-20-3-2-18-14(17)19-13-6-10(7-13)9-4-11(15)8-12(16)5-9/h4-5,8,10,13H,2-3,6-7H2,1H3,(H3,17,18,19). The maximum absolute atomic E-state index is 13.1. The van der Waals surface area contributed by atoms with E-state index in [0.717, 1.165) is 18.9 Å². The summed E-state index contributed by atoms with van der Waals surface area (Å²) in [7, 11) is 1.60. The molecule has 2 rings (SSSR count). The fourth-order valence-corrected chi connectivity index (χ4v) is 2.33. The largest absolute Gasteiger partial charge is 0.383 e. The van der Waals surface area contributed by atoms with E-state index in [-0.39, 0.29) is 12.0 Å². The molecule has 4 nitrogen and oxygen atoms in total. The zero-order valence-electron chi connectivity index (χ0n) is 11.4. The normalized spacial score (nSPS) is 22.4. The van der Waals surface area contributed by atoms with Crippen LogP contribution in [0.25, 0.3) is 0 Å². The van der Waals surface area contributed by atoms with Crippen LogP contribution in [0, 0.1) is 11.6 Å². The predicted octanol–water partition coefficient (Wildman–Crippen LogP) is 1.76. The highest BCUT2D eigenvalue weighted by Gasteiger charge is 2.31. The molecule has 0 heterocycles. The number of nitrogens with two attached hydrogens (primary N) is 1. The molecule has 1 aliphatic rings. The molecule has 6 heteroatoms. The van der Waals surface area contributed by atoms with Gasteiger partial charge in [0.25, 0.3) is 0 Å². The van der Waals surface area contributed by atoms with E-state index in [1.807, 2.05) is 0 Å². The van der Waals surface area contributed by atoms with Crippen LogP contribution in [-0.2, 0) is 4.74 Å². The first-order chi connectivity index (χ1) is 9.58. The molecule has 0 aromatic heterocycles. The molecule has 0 aliphatic heterocycles. The van der Waals surface area contributed by atoms with Crippen molar-refractivity contribution < 1.29 is 13.5 Å². The molecule has 0 saturated heterocycles. The predicted molar refractivity (Wildman–Crippen MR) is 73.6 cm³/mol. The SMILES string of the molecule is COCCN=C(N)NC1CC(c2cc(F)cc(F)c2)C1. The zero-order valence-corrected chi connectivity index (χ0v) is 11.4. The van der Waals surface area contributed by atoms with E-state index < -0.39 is 11.6 Å². The molecule has 0 spiro atoms. The van der Waals surface area contributed by atoms with Gasteiger partial charge in [-0.25, -0.2) is 8.78 Å². The van der Waals surface area contributed by atoms with Crippen molar-refractivity contribution in [1.29, 1.82) is 0 Å². The van der Waals surface area contributed by atoms with Crippen molar-refractivity contribution in [2.24, 2.45) is 10.7 Å². The fraction of sp³-hybridized carbons (Fsp3) is 0.500. The Morgan fingerprint density at radius 1 is 1.35 bits per heavy atom. The number of hydrogen-bond donors (Lipinski definition) is 2. The molecule has 20 heavy (non-hydrogen) atoms. The van der Waals surface area contributed by atoms with Crippen molar-refractivity contribution in [3.63, 3.8) is 0 Å². The highest BCUT2D eigenvalue weighted by molar-refractivity contribution is 5.78. The second kappa shape index (κ2) is 6.65. The summed E-state index contributed by atoms with van der Waals surface area (Å²) in [5.74, 6) is -0.505. The van der Waals surface area contributed by atoms with Crippen LogP contribution in [0.15, 0.2) is 23.2 Å². The Balaban J connectivity index is 1.81. The van der Waals surface area contributed by atoms with Crippen LogP contribution in [0.4, 0.5) is 8.78 Å². The van der Waals surface area contributed by atoms with Crippen molar-refractivity contribution in [3.8, 4) is 0 Å². The molecule has 0 unspecified atom stereocenters. The minimum atomic E-state index is -0.531. The van der Waals surface area contributed by atoms with E-state index in [1.165, 1.54) is 12.1 Å². The Morgan fingerprint density at radius 3 is 2.60 bits per heavy atom. The lowest BCUT2D eigenvalue weighted by Gasteiger charge is -2.36. The lowest BCUT2D eigenvalue weighted by Crippen LogP contribution is -2.46. The third-order valence-corrected chi connectivity index (χ3v) is 3.42. The summed E-state index contributed by atoms with van der Waals surface area (Å²) in [5, 5.41) is 3.09. The topological polar surface area (TPSA) is 59.6 Å². The van der Waals surface area contributed by atoms with Gasteiger partial charge in [0, 0.05) is 19.2 Å². The molecule has 1 aromatic rings. The Morgan fingerprint density at radius 2 is 2.00 bits per heavy atom. The molecular weight excluding hydrogens is 264 g/mol. The van der Waals surface area contributed by atoms with Crippen molar-refractivity contribution in [1.82, 2.24) is 5.32 Å². The number of rotatable bonds is 5. The van der Waals surface area contributed by atoms with Gasteiger partial charge in [-0.15, -0.1) is 0 Å². The number of ether oxygens (including phenoxy) is 1. The average molecular weight is 283 g/mol. The molecular formula is C14H19F2N3O. The van der Waals surface area contributed by atoms with Crippen LogP contribution in [-0.4, -0.2) is 32.3 Å². The molecule has 1 aromatic carbocycles. The van der Waals surface area contributed by atoms with E-state index in [4.69, 9.17) is 10.5 Å². The smallest absolute Gasteiger partial charge is 0.188 e. The van der Waals surface area contributed by atoms with Crippen LogP contribution < -0.4 is 11.1 Å². The molecule has 1 aliphatic carbocycles. The molecule has 1 fully saturated rings. The summed E-state index contributed by atoms with van der Waals surface area (Å²) >= 11 is 0. The van der Waals surface area contributed by atoms with Crippen LogP contribution in [0.1, 0.15) is 24.3 Å². The molecule has 0 atom stereocenters. The van der Waals surface area contributed by atoms with Gasteiger partial charge < -0.3 is 15.8 Å². The van der Waals surface area contributed by atoms with Gasteiger partial charge >= 0.3 is 0 Å². The molecule has 0 radical (unpaired) electrons. The van der Waals surface area contributed by atoms with Crippen molar-refractivity contribution >= 4 is 5.96 Å². The lowest BCUT2D eigenvalue weighted by molar-refractivity contribution is 0.207. The second-order valence-electron chi connectivity index (χ2n) is 4.97. The molecule has 1 saturated carbocycles. The quantitative estimate of drug-likeness (QED) is 0.492. The fourth-order valence-electron chi connectivity index (χ4n) is 2.33. The number of methoxy groups -OCH3 is 1. The summed E-state index contributed by atoms with van der Waals surface area (Å²) in [4.78, 5) is 4.10. The van der Waals surface area contributed by atoms with Gasteiger partial charge in [0.1, 0.15) is 11.6 Å². The van der Waals surface area contributed by atoms with E-state index >= 15 is 0 Å². The number of nitrogens with zero attached hydrogens (tertiary/aromatic N) is 1. The van der Waals surface area contributed by atoms with E-state index in [9.17, 15) is 8.78 Å². The van der Waals surface area contributed by atoms with Crippen LogP contribution in [0.5, 0.6) is 0 Å². The highest BCUT2D eigenvalue weighted by Crippen LogP contribution is 2.37. The molecule has 0 amide bonds. The van der Waals surface area contributed by atoms with Gasteiger partial charge in [-0.05, 0) is 36.5 Å². The van der Waals surface area contributed by atoms with Gasteiger partial charge in [0.05, 0.1) is 13.2 Å². The van der Waals surface area contributed by atoms with Crippen LogP contribution >= 0.6 is 0 Å². The molecule has 110 valence electrons. The number of guanidine groups is 1. The number of benzene rings is 1. The first-order valence-electron chi connectivity index (χ1n) is 6.60. The first kappa shape index (κ1) is 14.7. The number of aliphatic imine (C=N–C) groups is 1. The van der Waals surface area contributed by atoms with Crippen LogP contribution in [0.2, 0.25) is 0 Å². The Labute approximate surface area is 117 Å².